The van der Waals surface area contributed by atoms with Crippen molar-refractivity contribution in [1.82, 2.24) is 15.2 Å². The highest BCUT2D eigenvalue weighted by molar-refractivity contribution is 5.84. The molecular weight excluding hydrogens is 312 g/mol. The summed E-state index contributed by atoms with van der Waals surface area (Å²) in [6, 6.07) is 7.00. The van der Waals surface area contributed by atoms with Gasteiger partial charge in [0.15, 0.2) is 0 Å². The first-order chi connectivity index (χ1) is 11.6. The summed E-state index contributed by atoms with van der Waals surface area (Å²) in [7, 11) is 1.60. The fraction of sp³-hybridized carbons (Fsp3) is 0.200. The minimum Gasteiger partial charge on any atom is -0.396 e. The predicted molar refractivity (Wildman–Crippen MR) is 90.6 cm³/mol. The fourth-order valence-electron chi connectivity index (χ4n) is 2.45. The number of nitrogens with one attached hydrogen (secondary N) is 3. The molecule has 0 fully saturated rings. The smallest absolute Gasteiger partial charge is 0.334 e. The van der Waals surface area contributed by atoms with Crippen molar-refractivity contribution in [2.75, 3.05) is 24.3 Å². The van der Waals surface area contributed by atoms with Gasteiger partial charge in [0.1, 0.15) is 5.69 Å². The van der Waals surface area contributed by atoms with E-state index in [4.69, 9.17) is 5.11 Å². The van der Waals surface area contributed by atoms with Crippen LogP contribution >= 0.6 is 0 Å². The van der Waals surface area contributed by atoms with Gasteiger partial charge in [-0.15, -0.1) is 0 Å². The highest BCUT2D eigenvalue weighted by Crippen LogP contribution is 2.34. The van der Waals surface area contributed by atoms with Crippen molar-refractivity contribution in [3.05, 3.63) is 46.3 Å². The monoisotopic (exact) mass is 328 g/mol. The second kappa shape index (κ2) is 6.50. The van der Waals surface area contributed by atoms with Crippen LogP contribution in [-0.2, 0) is 6.42 Å². The lowest BCUT2D eigenvalue weighted by Crippen LogP contribution is -2.07. The molecule has 0 radical (unpaired) electrons. The summed E-state index contributed by atoms with van der Waals surface area (Å²) < 4.78 is 0. The number of aliphatic hydroxyl groups is 1. The number of rotatable bonds is 6. The molecule has 2 aromatic heterocycles. The fourth-order valence-corrected chi connectivity index (χ4v) is 2.45. The molecule has 3 rings (SSSR count). The summed E-state index contributed by atoms with van der Waals surface area (Å²) in [4.78, 5) is 15.2. The Bertz CT molecular complexity index is 892. The first-order valence-electron chi connectivity index (χ1n) is 7.29. The van der Waals surface area contributed by atoms with Crippen LogP contribution in [0.1, 0.15) is 5.69 Å². The molecular formula is C15H16N6O3. The number of nitrogens with zero attached hydrogens (tertiary/aromatic N) is 3. The van der Waals surface area contributed by atoms with Gasteiger partial charge >= 0.3 is 5.69 Å². The van der Waals surface area contributed by atoms with Crippen LogP contribution in [0.5, 0.6) is 0 Å². The number of H-pyrrole nitrogens is 1. The summed E-state index contributed by atoms with van der Waals surface area (Å²) in [6.45, 7) is -0.0889. The molecule has 9 heteroatoms. The standard InChI is InChI=1S/C15H16N6O3/c1-16-13-7-11(4-5-22)19-15(14(13)21(23)24)18-10-2-3-12-9(6-10)8-17-20-12/h2-3,6-8,22H,4-5H2,1H3,(H,17,20)(H2,16,18,19). The number of anilines is 3. The highest BCUT2D eigenvalue weighted by atomic mass is 16.6. The molecule has 0 bridgehead atoms. The zero-order valence-electron chi connectivity index (χ0n) is 12.9. The van der Waals surface area contributed by atoms with Gasteiger partial charge in [0.25, 0.3) is 0 Å². The van der Waals surface area contributed by atoms with E-state index in [-0.39, 0.29) is 18.1 Å². The summed E-state index contributed by atoms with van der Waals surface area (Å²) in [6.07, 6.45) is 1.98. The minimum absolute atomic E-state index is 0.0889. The van der Waals surface area contributed by atoms with Crippen LogP contribution in [0.25, 0.3) is 10.9 Å². The number of fused-ring (bicyclic) bond motifs is 1. The van der Waals surface area contributed by atoms with Gasteiger partial charge in [-0.1, -0.05) is 0 Å². The van der Waals surface area contributed by atoms with Gasteiger partial charge < -0.3 is 15.7 Å². The Balaban J connectivity index is 2.06. The van der Waals surface area contributed by atoms with Gasteiger partial charge in [0, 0.05) is 36.8 Å². The van der Waals surface area contributed by atoms with Gasteiger partial charge in [-0.25, -0.2) is 4.98 Å². The number of aromatic nitrogens is 3. The maximum absolute atomic E-state index is 11.5. The van der Waals surface area contributed by atoms with E-state index in [1.54, 1.807) is 25.4 Å². The van der Waals surface area contributed by atoms with Gasteiger partial charge in [0.05, 0.1) is 16.6 Å². The average Bonchev–Trinajstić information content (AvgIpc) is 3.02. The normalized spacial score (nSPS) is 10.8. The minimum atomic E-state index is -0.486. The lowest BCUT2D eigenvalue weighted by atomic mass is 10.2. The van der Waals surface area contributed by atoms with Crippen LogP contribution in [0.3, 0.4) is 0 Å². The van der Waals surface area contributed by atoms with Crippen molar-refractivity contribution in [3.8, 4) is 0 Å². The summed E-state index contributed by atoms with van der Waals surface area (Å²) in [5.74, 6) is 0.123. The molecule has 0 spiro atoms. The second-order valence-corrected chi connectivity index (χ2v) is 5.14. The number of pyridine rings is 1. The molecule has 0 aliphatic carbocycles. The van der Waals surface area contributed by atoms with E-state index < -0.39 is 4.92 Å². The van der Waals surface area contributed by atoms with E-state index in [1.165, 1.54) is 0 Å². The second-order valence-electron chi connectivity index (χ2n) is 5.14. The zero-order valence-corrected chi connectivity index (χ0v) is 12.9. The Labute approximate surface area is 136 Å². The number of aliphatic hydroxyl groups excluding tert-OH is 1. The largest absolute Gasteiger partial charge is 0.396 e. The highest BCUT2D eigenvalue weighted by Gasteiger charge is 2.22. The predicted octanol–water partition coefficient (Wildman–Crippen LogP) is 2.19. The molecule has 4 N–H and O–H groups in total. The van der Waals surface area contributed by atoms with Crippen LogP contribution in [0.15, 0.2) is 30.5 Å². The van der Waals surface area contributed by atoms with Crippen molar-refractivity contribution in [2.45, 2.75) is 6.42 Å². The van der Waals surface area contributed by atoms with Crippen LogP contribution in [0, 0.1) is 10.1 Å². The molecule has 24 heavy (non-hydrogen) atoms. The van der Waals surface area contributed by atoms with E-state index in [9.17, 15) is 10.1 Å². The zero-order chi connectivity index (χ0) is 17.1. The molecule has 0 atom stereocenters. The van der Waals surface area contributed by atoms with Crippen LogP contribution < -0.4 is 10.6 Å². The lowest BCUT2D eigenvalue weighted by Gasteiger charge is -2.11. The molecule has 9 nitrogen and oxygen atoms in total. The third kappa shape index (κ3) is 2.97. The van der Waals surface area contributed by atoms with Crippen LogP contribution in [0.2, 0.25) is 0 Å². The third-order valence-corrected chi connectivity index (χ3v) is 3.57. The number of hydrogen-bond donors (Lipinski definition) is 4. The Kier molecular flexibility index (Phi) is 4.25. The third-order valence-electron chi connectivity index (χ3n) is 3.57. The molecule has 124 valence electrons. The maximum Gasteiger partial charge on any atom is 0.334 e. The Morgan fingerprint density at radius 2 is 2.21 bits per heavy atom. The quantitative estimate of drug-likeness (QED) is 0.403. The van der Waals surface area contributed by atoms with Crippen LogP contribution in [-0.4, -0.2) is 38.9 Å². The summed E-state index contributed by atoms with van der Waals surface area (Å²) in [5, 5.41) is 34.0. The van der Waals surface area contributed by atoms with Crippen molar-refractivity contribution in [2.24, 2.45) is 0 Å². The van der Waals surface area contributed by atoms with Crippen molar-refractivity contribution < 1.29 is 10.0 Å². The molecule has 2 heterocycles. The van der Waals surface area contributed by atoms with E-state index in [1.807, 2.05) is 12.1 Å². The average molecular weight is 328 g/mol. The summed E-state index contributed by atoms with van der Waals surface area (Å²) in [5.41, 5.74) is 2.27. The van der Waals surface area contributed by atoms with Gasteiger partial charge in [-0.2, -0.15) is 5.10 Å². The maximum atomic E-state index is 11.5. The van der Waals surface area contributed by atoms with E-state index >= 15 is 0 Å². The van der Waals surface area contributed by atoms with E-state index in [2.05, 4.69) is 25.8 Å². The van der Waals surface area contributed by atoms with E-state index in [0.29, 0.717) is 23.5 Å². The molecule has 1 aromatic carbocycles. The molecule has 0 aliphatic rings. The van der Waals surface area contributed by atoms with E-state index in [0.717, 1.165) is 10.9 Å². The van der Waals surface area contributed by atoms with Gasteiger partial charge in [-0.05, 0) is 24.3 Å². The number of aromatic amines is 1. The first kappa shape index (κ1) is 15.7. The van der Waals surface area contributed by atoms with Gasteiger partial charge in [-0.3, -0.25) is 15.2 Å². The Morgan fingerprint density at radius 1 is 1.38 bits per heavy atom. The number of nitro groups is 1. The van der Waals surface area contributed by atoms with Crippen molar-refractivity contribution in [3.63, 3.8) is 0 Å². The SMILES string of the molecule is CNc1cc(CCO)nc(Nc2ccc3[nH]ncc3c2)c1[N+](=O)[O-]. The van der Waals surface area contributed by atoms with Crippen molar-refractivity contribution >= 4 is 33.8 Å². The molecule has 0 saturated carbocycles. The number of hydrogen-bond acceptors (Lipinski definition) is 7. The Morgan fingerprint density at radius 3 is 2.92 bits per heavy atom. The molecule has 3 aromatic rings. The molecule has 0 unspecified atom stereocenters. The van der Waals surface area contributed by atoms with Crippen molar-refractivity contribution in [1.29, 1.82) is 0 Å². The molecule has 0 aliphatic heterocycles. The van der Waals surface area contributed by atoms with Gasteiger partial charge in [0.2, 0.25) is 5.82 Å². The Hall–Kier alpha value is -3.20. The molecule has 0 saturated heterocycles. The lowest BCUT2D eigenvalue weighted by molar-refractivity contribution is -0.383. The summed E-state index contributed by atoms with van der Waals surface area (Å²) >= 11 is 0. The van der Waals surface area contributed by atoms with Crippen LogP contribution in [0.4, 0.5) is 22.9 Å². The topological polar surface area (TPSA) is 129 Å². The molecule has 0 amide bonds. The number of benzene rings is 1. The first-order valence-corrected chi connectivity index (χ1v) is 7.29.